The van der Waals surface area contributed by atoms with Gasteiger partial charge in [0.05, 0.1) is 22.6 Å². The van der Waals surface area contributed by atoms with Crippen molar-refractivity contribution in [3.63, 3.8) is 0 Å². The van der Waals surface area contributed by atoms with E-state index >= 15 is 0 Å². The first kappa shape index (κ1) is 19.1. The summed E-state index contributed by atoms with van der Waals surface area (Å²) in [7, 11) is 0. The molecule has 154 valence electrons. The average molecular weight is 410 g/mol. The number of hydrogen-bond acceptors (Lipinski definition) is 4. The number of ether oxygens (including phenoxy) is 1. The lowest BCUT2D eigenvalue weighted by Crippen LogP contribution is -2.09. The number of nitrogens with zero attached hydrogens (tertiary/aromatic N) is 3. The maximum atomic E-state index is 12.2. The lowest BCUT2D eigenvalue weighted by molar-refractivity contribution is 0.442. The van der Waals surface area contributed by atoms with Gasteiger partial charge in [-0.05, 0) is 66.9 Å². The molecule has 2 aromatic carbocycles. The number of aryl methyl sites for hydroxylation is 1. The summed E-state index contributed by atoms with van der Waals surface area (Å²) in [5, 5.41) is 1.71. The van der Waals surface area contributed by atoms with Crippen LogP contribution < -0.4 is 10.3 Å². The Kier molecular flexibility index (Phi) is 4.55. The van der Waals surface area contributed by atoms with Gasteiger partial charge in [-0.3, -0.25) is 14.8 Å². The fourth-order valence-electron chi connectivity index (χ4n) is 3.87. The molecule has 0 saturated heterocycles. The number of fused-ring (bicyclic) bond motifs is 2. The summed E-state index contributed by atoms with van der Waals surface area (Å²) in [6.45, 7) is 6.52. The van der Waals surface area contributed by atoms with Crippen molar-refractivity contribution in [1.82, 2.24) is 19.5 Å². The van der Waals surface area contributed by atoms with Gasteiger partial charge >= 0.3 is 6.01 Å². The Morgan fingerprint density at radius 3 is 2.61 bits per heavy atom. The van der Waals surface area contributed by atoms with Crippen LogP contribution in [-0.2, 0) is 0 Å². The predicted octanol–water partition coefficient (Wildman–Crippen LogP) is 5.49. The summed E-state index contributed by atoms with van der Waals surface area (Å²) in [6, 6.07) is 18.4. The molecule has 0 aliphatic heterocycles. The Bertz CT molecular complexity index is 1460. The number of H-pyrrole nitrogens is 1. The summed E-state index contributed by atoms with van der Waals surface area (Å²) in [6.07, 6.45) is 3.11. The molecule has 0 unspecified atom stereocenters. The van der Waals surface area contributed by atoms with Crippen LogP contribution in [0.15, 0.2) is 71.8 Å². The van der Waals surface area contributed by atoms with Crippen LogP contribution in [0.2, 0.25) is 0 Å². The molecule has 0 bridgehead atoms. The highest BCUT2D eigenvalue weighted by molar-refractivity contribution is 5.84. The molecular formula is C25H22N4O2. The van der Waals surface area contributed by atoms with Crippen molar-refractivity contribution in [2.45, 2.75) is 26.7 Å². The first-order chi connectivity index (χ1) is 15.0. The number of aromatic amines is 1. The van der Waals surface area contributed by atoms with Gasteiger partial charge in [-0.25, -0.2) is 0 Å². The minimum Gasteiger partial charge on any atom is -0.426 e. The summed E-state index contributed by atoms with van der Waals surface area (Å²) < 4.78 is 8.02. The number of aromatic nitrogens is 4. The van der Waals surface area contributed by atoms with E-state index in [1.165, 1.54) is 16.5 Å². The zero-order valence-electron chi connectivity index (χ0n) is 17.6. The monoisotopic (exact) mass is 410 g/mol. The molecule has 0 fully saturated rings. The second kappa shape index (κ2) is 7.40. The maximum absolute atomic E-state index is 12.2. The molecule has 0 aliphatic carbocycles. The normalized spacial score (nSPS) is 11.5. The van der Waals surface area contributed by atoms with Gasteiger partial charge in [0, 0.05) is 23.0 Å². The summed E-state index contributed by atoms with van der Waals surface area (Å²) in [5.41, 5.74) is 4.95. The van der Waals surface area contributed by atoms with Crippen LogP contribution >= 0.6 is 0 Å². The number of benzene rings is 2. The highest BCUT2D eigenvalue weighted by Crippen LogP contribution is 2.28. The predicted molar refractivity (Wildman–Crippen MR) is 122 cm³/mol. The summed E-state index contributed by atoms with van der Waals surface area (Å²) >= 11 is 0. The molecule has 0 aliphatic rings. The zero-order chi connectivity index (χ0) is 21.5. The van der Waals surface area contributed by atoms with Crippen molar-refractivity contribution in [2.24, 2.45) is 0 Å². The molecule has 0 amide bonds. The quantitative estimate of drug-likeness (QED) is 0.425. The minimum atomic E-state index is -0.255. The van der Waals surface area contributed by atoms with Crippen LogP contribution in [0.3, 0.4) is 0 Å². The fourth-order valence-corrected chi connectivity index (χ4v) is 3.87. The third-order valence-corrected chi connectivity index (χ3v) is 5.47. The van der Waals surface area contributed by atoms with Crippen LogP contribution in [0, 0.1) is 6.92 Å². The van der Waals surface area contributed by atoms with Gasteiger partial charge in [-0.2, -0.15) is 4.98 Å². The SMILES string of the molecule is Cc1cc2cc(C(C)C)ccc2n1-c1ccc(Oc2nc3cnccc3c(=O)[nH]2)cc1. The Morgan fingerprint density at radius 1 is 1.03 bits per heavy atom. The Labute approximate surface area is 179 Å². The lowest BCUT2D eigenvalue weighted by atomic mass is 10.0. The summed E-state index contributed by atoms with van der Waals surface area (Å²) in [5.74, 6) is 1.08. The van der Waals surface area contributed by atoms with Crippen LogP contribution in [-0.4, -0.2) is 19.5 Å². The molecule has 5 rings (SSSR count). The second-order valence-corrected chi connectivity index (χ2v) is 7.95. The molecule has 5 aromatic rings. The van der Waals surface area contributed by atoms with Gasteiger partial charge in [0.15, 0.2) is 0 Å². The van der Waals surface area contributed by atoms with Gasteiger partial charge < -0.3 is 9.30 Å². The second-order valence-electron chi connectivity index (χ2n) is 7.95. The van der Waals surface area contributed by atoms with Crippen molar-refractivity contribution in [2.75, 3.05) is 0 Å². The van der Waals surface area contributed by atoms with E-state index in [0.717, 1.165) is 11.4 Å². The van der Waals surface area contributed by atoms with E-state index in [1.54, 1.807) is 18.5 Å². The topological polar surface area (TPSA) is 72.8 Å². The minimum absolute atomic E-state index is 0.141. The van der Waals surface area contributed by atoms with E-state index < -0.39 is 0 Å². The number of nitrogens with one attached hydrogen (secondary N) is 1. The highest BCUT2D eigenvalue weighted by atomic mass is 16.5. The first-order valence-electron chi connectivity index (χ1n) is 10.2. The Balaban J connectivity index is 1.47. The molecule has 6 nitrogen and oxygen atoms in total. The molecule has 3 heterocycles. The van der Waals surface area contributed by atoms with Gasteiger partial charge in [-0.15, -0.1) is 0 Å². The van der Waals surface area contributed by atoms with Crippen molar-refractivity contribution in [3.8, 4) is 17.4 Å². The average Bonchev–Trinajstić information content (AvgIpc) is 3.09. The highest BCUT2D eigenvalue weighted by Gasteiger charge is 2.11. The number of pyridine rings is 1. The zero-order valence-corrected chi connectivity index (χ0v) is 17.6. The Morgan fingerprint density at radius 2 is 1.84 bits per heavy atom. The summed E-state index contributed by atoms with van der Waals surface area (Å²) in [4.78, 5) is 23.2. The van der Waals surface area contributed by atoms with Crippen LogP contribution in [0.1, 0.15) is 31.0 Å². The van der Waals surface area contributed by atoms with Gasteiger partial charge in [-0.1, -0.05) is 19.9 Å². The van der Waals surface area contributed by atoms with Gasteiger partial charge in [0.25, 0.3) is 5.56 Å². The molecule has 0 spiro atoms. The van der Waals surface area contributed by atoms with E-state index in [2.05, 4.69) is 64.6 Å². The third kappa shape index (κ3) is 3.46. The molecule has 1 N–H and O–H groups in total. The molecule has 31 heavy (non-hydrogen) atoms. The fraction of sp³-hybridized carbons (Fsp3) is 0.160. The Hall–Kier alpha value is -3.93. The van der Waals surface area contributed by atoms with Crippen LogP contribution in [0.25, 0.3) is 27.5 Å². The van der Waals surface area contributed by atoms with E-state index in [1.807, 2.05) is 24.3 Å². The third-order valence-electron chi connectivity index (χ3n) is 5.47. The van der Waals surface area contributed by atoms with E-state index in [9.17, 15) is 4.79 Å². The van der Waals surface area contributed by atoms with Crippen molar-refractivity contribution in [3.05, 3.63) is 88.6 Å². The first-order valence-corrected chi connectivity index (χ1v) is 10.2. The largest absolute Gasteiger partial charge is 0.426 e. The maximum Gasteiger partial charge on any atom is 0.302 e. The smallest absolute Gasteiger partial charge is 0.302 e. The molecular weight excluding hydrogens is 388 g/mol. The van der Waals surface area contributed by atoms with Crippen LogP contribution in [0.5, 0.6) is 11.8 Å². The standard InChI is InChI=1S/C25H22N4O2/c1-15(2)17-4-9-23-18(13-17)12-16(3)29(23)19-5-7-20(8-6-19)31-25-27-22-14-26-11-10-21(22)24(30)28-25/h4-15H,1-3H3,(H,27,28,30). The van der Waals surface area contributed by atoms with Crippen LogP contribution in [0.4, 0.5) is 0 Å². The lowest BCUT2D eigenvalue weighted by Gasteiger charge is -2.11. The van der Waals surface area contributed by atoms with E-state index in [-0.39, 0.29) is 11.6 Å². The number of rotatable bonds is 4. The van der Waals surface area contributed by atoms with E-state index in [0.29, 0.717) is 22.6 Å². The van der Waals surface area contributed by atoms with Crippen molar-refractivity contribution in [1.29, 1.82) is 0 Å². The number of hydrogen-bond donors (Lipinski definition) is 1. The molecule has 3 aromatic heterocycles. The molecule has 0 saturated carbocycles. The van der Waals surface area contributed by atoms with Gasteiger partial charge in [0.1, 0.15) is 5.75 Å². The molecule has 0 atom stereocenters. The molecule has 6 heteroatoms. The molecule has 0 radical (unpaired) electrons. The van der Waals surface area contributed by atoms with Crippen molar-refractivity contribution >= 4 is 21.8 Å². The van der Waals surface area contributed by atoms with Crippen molar-refractivity contribution < 1.29 is 4.74 Å². The van der Waals surface area contributed by atoms with E-state index in [4.69, 9.17) is 4.74 Å². The van der Waals surface area contributed by atoms with Gasteiger partial charge in [0.2, 0.25) is 0 Å².